The van der Waals surface area contributed by atoms with Gasteiger partial charge in [-0.2, -0.15) is 0 Å². The van der Waals surface area contributed by atoms with Crippen molar-refractivity contribution in [1.82, 2.24) is 0 Å². The van der Waals surface area contributed by atoms with Crippen molar-refractivity contribution >= 4 is 31.5 Å². The minimum absolute atomic E-state index is 0.0647. The molecule has 0 spiro atoms. The third-order valence-electron chi connectivity index (χ3n) is 1.84. The lowest BCUT2D eigenvalue weighted by atomic mass is 10.2. The number of amides is 1. The van der Waals surface area contributed by atoms with Crippen LogP contribution in [0.5, 0.6) is 0 Å². The van der Waals surface area contributed by atoms with Gasteiger partial charge in [0.05, 0.1) is 0 Å². The Labute approximate surface area is 115 Å². The SMILES string of the molecule is CC(C)(C)OC(=O)Nc1ccc(F)c(S(=O)(=O)Cl)c1. The number of anilines is 1. The first-order valence-electron chi connectivity index (χ1n) is 5.23. The van der Waals surface area contributed by atoms with Gasteiger partial charge in [-0.1, -0.05) is 0 Å². The summed E-state index contributed by atoms with van der Waals surface area (Å²) in [5.74, 6) is -0.996. The highest BCUT2D eigenvalue weighted by Crippen LogP contribution is 2.23. The first-order chi connectivity index (χ1) is 8.49. The maximum absolute atomic E-state index is 13.3. The van der Waals surface area contributed by atoms with E-state index >= 15 is 0 Å². The molecular weight excluding hydrogens is 297 g/mol. The molecule has 1 N–H and O–H groups in total. The topological polar surface area (TPSA) is 72.5 Å². The number of hydrogen-bond donors (Lipinski definition) is 1. The van der Waals surface area contributed by atoms with Crippen LogP contribution >= 0.6 is 10.7 Å². The predicted octanol–water partition coefficient (Wildman–Crippen LogP) is 3.10. The van der Waals surface area contributed by atoms with Crippen molar-refractivity contribution in [2.75, 3.05) is 5.32 Å². The van der Waals surface area contributed by atoms with E-state index in [-0.39, 0.29) is 5.69 Å². The number of ether oxygens (including phenoxy) is 1. The molecule has 0 fully saturated rings. The van der Waals surface area contributed by atoms with E-state index in [4.69, 9.17) is 15.4 Å². The standard InChI is InChI=1S/C11H13ClFNO4S/c1-11(2,3)18-10(15)14-7-4-5-8(13)9(6-7)19(12,16)17/h4-6H,1-3H3,(H,14,15). The molecule has 0 aromatic heterocycles. The van der Waals surface area contributed by atoms with Gasteiger partial charge in [0.25, 0.3) is 9.05 Å². The lowest BCUT2D eigenvalue weighted by Gasteiger charge is -2.19. The van der Waals surface area contributed by atoms with Gasteiger partial charge in [0.1, 0.15) is 16.3 Å². The first-order valence-corrected chi connectivity index (χ1v) is 7.54. The quantitative estimate of drug-likeness (QED) is 0.852. The molecule has 0 radical (unpaired) electrons. The molecule has 1 rings (SSSR count). The molecule has 0 aliphatic rings. The number of halogens is 2. The van der Waals surface area contributed by atoms with Crippen LogP contribution in [0.4, 0.5) is 14.9 Å². The van der Waals surface area contributed by atoms with Crippen LogP contribution in [-0.4, -0.2) is 20.1 Å². The van der Waals surface area contributed by atoms with Crippen molar-refractivity contribution < 1.29 is 22.3 Å². The van der Waals surface area contributed by atoms with E-state index in [0.29, 0.717) is 0 Å². The van der Waals surface area contributed by atoms with Crippen LogP contribution in [0, 0.1) is 5.82 Å². The molecule has 0 aliphatic heterocycles. The highest BCUT2D eigenvalue weighted by atomic mass is 35.7. The molecule has 0 atom stereocenters. The van der Waals surface area contributed by atoms with Gasteiger partial charge in [-0.3, -0.25) is 5.32 Å². The maximum atomic E-state index is 13.3. The molecular formula is C11H13ClFNO4S. The van der Waals surface area contributed by atoms with Gasteiger partial charge in [0.15, 0.2) is 0 Å². The Morgan fingerprint density at radius 2 is 1.95 bits per heavy atom. The van der Waals surface area contributed by atoms with E-state index in [1.54, 1.807) is 20.8 Å². The molecule has 106 valence electrons. The molecule has 1 aromatic rings. The summed E-state index contributed by atoms with van der Waals surface area (Å²) in [4.78, 5) is 10.8. The van der Waals surface area contributed by atoms with Gasteiger partial charge in [-0.15, -0.1) is 0 Å². The lowest BCUT2D eigenvalue weighted by molar-refractivity contribution is 0.0636. The Hall–Kier alpha value is -1.34. The number of rotatable bonds is 2. The fraction of sp³-hybridized carbons (Fsp3) is 0.364. The highest BCUT2D eigenvalue weighted by molar-refractivity contribution is 8.13. The van der Waals surface area contributed by atoms with Gasteiger partial charge in [-0.25, -0.2) is 17.6 Å². The average molecular weight is 310 g/mol. The van der Waals surface area contributed by atoms with Crippen LogP contribution in [0.25, 0.3) is 0 Å². The van der Waals surface area contributed by atoms with Crippen LogP contribution < -0.4 is 5.32 Å². The molecule has 1 aromatic carbocycles. The third-order valence-corrected chi connectivity index (χ3v) is 3.18. The van der Waals surface area contributed by atoms with E-state index in [0.717, 1.165) is 12.1 Å². The van der Waals surface area contributed by atoms with Crippen molar-refractivity contribution in [3.05, 3.63) is 24.0 Å². The maximum Gasteiger partial charge on any atom is 0.412 e. The number of carbonyl (C=O) groups is 1. The molecule has 0 unspecified atom stereocenters. The van der Waals surface area contributed by atoms with Gasteiger partial charge in [-0.05, 0) is 39.0 Å². The summed E-state index contributed by atoms with van der Waals surface area (Å²) in [6, 6.07) is 3.01. The smallest absolute Gasteiger partial charge is 0.412 e. The summed E-state index contributed by atoms with van der Waals surface area (Å²) in [7, 11) is 0.845. The van der Waals surface area contributed by atoms with Gasteiger partial charge < -0.3 is 4.74 Å². The van der Waals surface area contributed by atoms with Crippen molar-refractivity contribution in [2.45, 2.75) is 31.3 Å². The summed E-state index contributed by atoms with van der Waals surface area (Å²) in [6.45, 7) is 5.02. The molecule has 19 heavy (non-hydrogen) atoms. The van der Waals surface area contributed by atoms with E-state index in [9.17, 15) is 17.6 Å². The second-order valence-corrected chi connectivity index (χ2v) is 7.24. The Morgan fingerprint density at radius 3 is 2.42 bits per heavy atom. The van der Waals surface area contributed by atoms with Gasteiger partial charge >= 0.3 is 6.09 Å². The first kappa shape index (κ1) is 15.7. The van der Waals surface area contributed by atoms with Crippen molar-refractivity contribution in [2.24, 2.45) is 0 Å². The van der Waals surface area contributed by atoms with Crippen LogP contribution in [0.15, 0.2) is 23.1 Å². The third kappa shape index (κ3) is 5.04. The zero-order valence-electron chi connectivity index (χ0n) is 10.5. The van der Waals surface area contributed by atoms with Crippen LogP contribution in [0.3, 0.4) is 0 Å². The minimum Gasteiger partial charge on any atom is -0.444 e. The van der Waals surface area contributed by atoms with E-state index < -0.39 is 31.5 Å². The molecule has 0 bridgehead atoms. The summed E-state index contributed by atoms with van der Waals surface area (Å²) in [5, 5.41) is 2.29. The number of nitrogens with one attached hydrogen (secondary N) is 1. The lowest BCUT2D eigenvalue weighted by Crippen LogP contribution is -2.27. The Bertz CT molecular complexity index is 595. The number of hydrogen-bond acceptors (Lipinski definition) is 4. The predicted molar refractivity (Wildman–Crippen MR) is 69.3 cm³/mol. The Kier molecular flexibility index (Phi) is 4.42. The van der Waals surface area contributed by atoms with E-state index in [1.807, 2.05) is 0 Å². The second-order valence-electron chi connectivity index (χ2n) is 4.71. The second kappa shape index (κ2) is 5.34. The monoisotopic (exact) mass is 309 g/mol. The minimum atomic E-state index is -4.22. The Morgan fingerprint density at radius 1 is 1.37 bits per heavy atom. The number of carbonyl (C=O) groups excluding carboxylic acids is 1. The highest BCUT2D eigenvalue weighted by Gasteiger charge is 2.19. The summed E-state index contributed by atoms with van der Waals surface area (Å²) in [6.07, 6.45) is -0.781. The summed E-state index contributed by atoms with van der Waals surface area (Å²) in [5.41, 5.74) is -0.638. The molecule has 0 heterocycles. The normalized spacial score (nSPS) is 12.1. The zero-order chi connectivity index (χ0) is 14.8. The Balaban J connectivity index is 2.96. The van der Waals surface area contributed by atoms with E-state index in [2.05, 4.69) is 5.32 Å². The van der Waals surface area contributed by atoms with Crippen molar-refractivity contribution in [1.29, 1.82) is 0 Å². The molecule has 8 heteroatoms. The fourth-order valence-electron chi connectivity index (χ4n) is 1.19. The van der Waals surface area contributed by atoms with E-state index in [1.165, 1.54) is 6.07 Å². The van der Waals surface area contributed by atoms with Gasteiger partial charge in [0.2, 0.25) is 0 Å². The van der Waals surface area contributed by atoms with Crippen LogP contribution in [0.2, 0.25) is 0 Å². The zero-order valence-corrected chi connectivity index (χ0v) is 12.1. The largest absolute Gasteiger partial charge is 0.444 e. The summed E-state index contributed by atoms with van der Waals surface area (Å²) < 4.78 is 40.4. The molecule has 5 nitrogen and oxygen atoms in total. The molecule has 1 amide bonds. The van der Waals surface area contributed by atoms with Gasteiger partial charge in [0, 0.05) is 16.4 Å². The molecule has 0 saturated heterocycles. The summed E-state index contributed by atoms with van der Waals surface area (Å²) >= 11 is 0. The number of benzene rings is 1. The van der Waals surface area contributed by atoms with Crippen LogP contribution in [-0.2, 0) is 13.8 Å². The van der Waals surface area contributed by atoms with Crippen LogP contribution in [0.1, 0.15) is 20.8 Å². The fourth-order valence-corrected chi connectivity index (χ4v) is 2.11. The van der Waals surface area contributed by atoms with Crippen molar-refractivity contribution in [3.8, 4) is 0 Å². The van der Waals surface area contributed by atoms with Crippen molar-refractivity contribution in [3.63, 3.8) is 0 Å². The molecule has 0 aliphatic carbocycles. The molecule has 0 saturated carbocycles. The average Bonchev–Trinajstić information content (AvgIpc) is 2.16.